The predicted molar refractivity (Wildman–Crippen MR) is 107 cm³/mol. The van der Waals surface area contributed by atoms with E-state index in [2.05, 4.69) is 21.5 Å². The van der Waals surface area contributed by atoms with Crippen LogP contribution in [-0.2, 0) is 22.3 Å². The van der Waals surface area contributed by atoms with Crippen LogP contribution in [0, 0.1) is 17.9 Å². The number of halogens is 3. The average Bonchev–Trinajstić information content (AvgIpc) is 3.21. The summed E-state index contributed by atoms with van der Waals surface area (Å²) >= 11 is 0. The maximum atomic E-state index is 13.4. The Morgan fingerprint density at radius 2 is 2.06 bits per heavy atom. The molecule has 2 heterocycles. The molecule has 0 saturated heterocycles. The molecule has 0 saturated carbocycles. The molecule has 0 aromatic carbocycles. The summed E-state index contributed by atoms with van der Waals surface area (Å²) in [7, 11) is 0. The summed E-state index contributed by atoms with van der Waals surface area (Å²) in [6.45, 7) is 9.27. The predicted octanol–water partition coefficient (Wildman–Crippen LogP) is 1.62. The van der Waals surface area contributed by atoms with E-state index >= 15 is 0 Å². The second-order valence-electron chi connectivity index (χ2n) is 7.06. The van der Waals surface area contributed by atoms with Gasteiger partial charge in [-0.05, 0) is 13.0 Å². The van der Waals surface area contributed by atoms with Crippen molar-refractivity contribution in [2.45, 2.75) is 25.2 Å². The number of carbonyl (C=O) groups is 2. The summed E-state index contributed by atoms with van der Waals surface area (Å²) in [5, 5.41) is 32.5. The molecule has 33 heavy (non-hydrogen) atoms. The standard InChI is InChI=1S/C20H17F3N6O4/c1-12(16(31)10-30)8-29(14-4-15(20(21,22)23)17(25-3)26-7-14)18(32)19(2,33)11-28-9-13(5-24)6-27-28/h4,6-7,9,30,33H,1,8,10-11H2,2H3/t19-/m0/s1. The first-order valence-corrected chi connectivity index (χ1v) is 9.07. The van der Waals surface area contributed by atoms with Crippen LogP contribution in [0.3, 0.4) is 0 Å². The fourth-order valence-corrected chi connectivity index (χ4v) is 2.74. The maximum Gasteiger partial charge on any atom is 0.409 e. The molecule has 0 bridgehead atoms. The molecule has 0 aliphatic carbocycles. The van der Waals surface area contributed by atoms with Gasteiger partial charge < -0.3 is 20.0 Å². The molecule has 2 N–H and O–H groups in total. The molecule has 0 radical (unpaired) electrons. The molecule has 13 heteroatoms. The zero-order valence-electron chi connectivity index (χ0n) is 17.2. The molecule has 2 rings (SSSR count). The average molecular weight is 462 g/mol. The van der Waals surface area contributed by atoms with Crippen molar-refractivity contribution in [1.29, 1.82) is 5.26 Å². The van der Waals surface area contributed by atoms with Crippen LogP contribution in [0.15, 0.2) is 36.8 Å². The lowest BCUT2D eigenvalue weighted by molar-refractivity contribution is -0.138. The number of alkyl halides is 3. The number of nitriles is 1. The Hall–Kier alpha value is -4.07. The normalized spacial score (nSPS) is 12.8. The van der Waals surface area contributed by atoms with Gasteiger partial charge in [-0.1, -0.05) is 13.2 Å². The Balaban J connectivity index is 2.53. The Morgan fingerprint density at radius 1 is 1.39 bits per heavy atom. The lowest BCUT2D eigenvalue weighted by Crippen LogP contribution is -2.51. The Labute approximate surface area is 185 Å². The molecule has 1 atom stereocenters. The second-order valence-corrected chi connectivity index (χ2v) is 7.06. The highest BCUT2D eigenvalue weighted by molar-refractivity contribution is 6.03. The van der Waals surface area contributed by atoms with E-state index in [1.165, 1.54) is 12.4 Å². The van der Waals surface area contributed by atoms with Crippen molar-refractivity contribution in [3.05, 3.63) is 59.4 Å². The number of aliphatic hydroxyl groups excluding tert-OH is 1. The van der Waals surface area contributed by atoms with Gasteiger partial charge in [0.15, 0.2) is 11.4 Å². The van der Waals surface area contributed by atoms with E-state index in [4.69, 9.17) is 16.9 Å². The third-order valence-corrected chi connectivity index (χ3v) is 4.40. The minimum Gasteiger partial charge on any atom is -0.388 e. The van der Waals surface area contributed by atoms with Crippen LogP contribution in [0.2, 0.25) is 0 Å². The Bertz CT molecular complexity index is 1170. The number of hydrogen-bond donors (Lipinski definition) is 2. The number of pyridine rings is 1. The van der Waals surface area contributed by atoms with Gasteiger partial charge in [0.1, 0.15) is 18.9 Å². The number of aliphatic hydroxyl groups is 2. The van der Waals surface area contributed by atoms with Crippen LogP contribution in [-0.4, -0.2) is 55.4 Å². The number of aromatic nitrogens is 3. The van der Waals surface area contributed by atoms with Gasteiger partial charge in [-0.3, -0.25) is 14.3 Å². The van der Waals surface area contributed by atoms with Gasteiger partial charge >= 0.3 is 6.18 Å². The first kappa shape index (κ1) is 25.2. The van der Waals surface area contributed by atoms with E-state index in [1.54, 1.807) is 0 Å². The fourth-order valence-electron chi connectivity index (χ4n) is 2.74. The van der Waals surface area contributed by atoms with Gasteiger partial charge in [-0.2, -0.15) is 23.5 Å². The van der Waals surface area contributed by atoms with Crippen LogP contribution in [0.1, 0.15) is 18.1 Å². The summed E-state index contributed by atoms with van der Waals surface area (Å²) in [6, 6.07) is 2.31. The zero-order valence-corrected chi connectivity index (χ0v) is 17.2. The van der Waals surface area contributed by atoms with Crippen LogP contribution in [0.5, 0.6) is 0 Å². The molecule has 10 nitrogen and oxygen atoms in total. The van der Waals surface area contributed by atoms with Crippen molar-refractivity contribution in [2.75, 3.05) is 18.1 Å². The van der Waals surface area contributed by atoms with Crippen LogP contribution in [0.25, 0.3) is 4.85 Å². The van der Waals surface area contributed by atoms with Crippen molar-refractivity contribution in [1.82, 2.24) is 14.8 Å². The molecule has 2 aromatic rings. The number of carbonyl (C=O) groups excluding carboxylic acids is 2. The largest absolute Gasteiger partial charge is 0.409 e. The molecular weight excluding hydrogens is 445 g/mol. The maximum absolute atomic E-state index is 13.4. The van der Waals surface area contributed by atoms with Crippen molar-refractivity contribution in [3.8, 4) is 6.07 Å². The van der Waals surface area contributed by atoms with Crippen molar-refractivity contribution >= 4 is 23.2 Å². The van der Waals surface area contributed by atoms with E-state index in [1.807, 2.05) is 6.07 Å². The van der Waals surface area contributed by atoms with Gasteiger partial charge in [0.25, 0.3) is 11.7 Å². The van der Waals surface area contributed by atoms with Gasteiger partial charge in [-0.15, -0.1) is 4.98 Å². The molecule has 2 aromatic heterocycles. The fraction of sp³-hybridized carbons (Fsp3) is 0.300. The summed E-state index contributed by atoms with van der Waals surface area (Å²) in [5.41, 5.74) is -4.33. The molecule has 0 aliphatic heterocycles. The van der Waals surface area contributed by atoms with E-state index < -0.39 is 60.2 Å². The highest BCUT2D eigenvalue weighted by Gasteiger charge is 2.39. The minimum absolute atomic E-state index is 0.144. The highest BCUT2D eigenvalue weighted by atomic mass is 19.4. The number of rotatable bonds is 8. The summed E-state index contributed by atoms with van der Waals surface area (Å²) in [4.78, 5) is 31.8. The van der Waals surface area contributed by atoms with E-state index in [9.17, 15) is 27.9 Å². The van der Waals surface area contributed by atoms with Crippen LogP contribution < -0.4 is 4.90 Å². The molecule has 0 aliphatic rings. The first-order chi connectivity index (χ1) is 15.3. The summed E-state index contributed by atoms with van der Waals surface area (Å²) < 4.78 is 41.3. The molecule has 0 spiro atoms. The molecule has 1 amide bonds. The van der Waals surface area contributed by atoms with Crippen molar-refractivity contribution in [2.24, 2.45) is 0 Å². The topological polar surface area (TPSA) is 137 Å². The Morgan fingerprint density at radius 3 is 2.58 bits per heavy atom. The summed E-state index contributed by atoms with van der Waals surface area (Å²) in [6.07, 6.45) is -1.73. The third kappa shape index (κ3) is 5.79. The minimum atomic E-state index is -4.97. The Kier molecular flexibility index (Phi) is 7.33. The second kappa shape index (κ2) is 9.60. The van der Waals surface area contributed by atoms with E-state index in [-0.39, 0.29) is 11.1 Å². The zero-order chi connectivity index (χ0) is 25.0. The SMILES string of the molecule is [C-]#[N+]c1ncc(N(CC(=C)C(=O)CO)C(=O)[C@@](C)(O)Cn2cc(C#N)cn2)cc1C(F)(F)F. The third-order valence-electron chi connectivity index (χ3n) is 4.40. The van der Waals surface area contributed by atoms with E-state index in [0.717, 1.165) is 17.8 Å². The van der Waals surface area contributed by atoms with Crippen molar-refractivity contribution < 1.29 is 33.0 Å². The van der Waals surface area contributed by atoms with Crippen molar-refractivity contribution in [3.63, 3.8) is 0 Å². The number of ketones is 1. The molecule has 0 unspecified atom stereocenters. The van der Waals surface area contributed by atoms with Gasteiger partial charge in [0, 0.05) is 11.8 Å². The number of nitrogens with zero attached hydrogens (tertiary/aromatic N) is 6. The van der Waals surface area contributed by atoms with E-state index in [0.29, 0.717) is 11.0 Å². The number of amides is 1. The first-order valence-electron chi connectivity index (χ1n) is 9.07. The smallest absolute Gasteiger partial charge is 0.388 e. The quantitative estimate of drug-likeness (QED) is 0.449. The number of hydrogen-bond acceptors (Lipinski definition) is 7. The lowest BCUT2D eigenvalue weighted by Gasteiger charge is -2.31. The molecular formula is C20H17F3N6O4. The van der Waals surface area contributed by atoms with Gasteiger partial charge in [0.05, 0.1) is 36.1 Å². The molecule has 0 fully saturated rings. The number of anilines is 1. The van der Waals surface area contributed by atoms with Crippen LogP contribution >= 0.6 is 0 Å². The monoisotopic (exact) mass is 462 g/mol. The summed E-state index contributed by atoms with van der Waals surface area (Å²) in [5.74, 6) is -2.97. The highest BCUT2D eigenvalue weighted by Crippen LogP contribution is 2.37. The van der Waals surface area contributed by atoms with Crippen LogP contribution in [0.4, 0.5) is 24.7 Å². The van der Waals surface area contributed by atoms with Gasteiger partial charge in [0.2, 0.25) is 0 Å². The number of Topliss-reactive ketones (excluding diaryl/α,β-unsaturated/α-hetero) is 1. The lowest BCUT2D eigenvalue weighted by atomic mass is 10.0. The van der Waals surface area contributed by atoms with Gasteiger partial charge in [-0.25, -0.2) is 0 Å². The molecule has 172 valence electrons.